The fourth-order valence-electron chi connectivity index (χ4n) is 2.89. The van der Waals surface area contributed by atoms with Crippen LogP contribution < -0.4 is 10.6 Å². The van der Waals surface area contributed by atoms with Crippen LogP contribution in [-0.4, -0.2) is 25.3 Å². The van der Waals surface area contributed by atoms with Gasteiger partial charge in [-0.15, -0.1) is 0 Å². The quantitative estimate of drug-likeness (QED) is 0.852. The summed E-state index contributed by atoms with van der Waals surface area (Å²) in [7, 11) is 0. The molecule has 0 radical (unpaired) electrons. The van der Waals surface area contributed by atoms with Crippen molar-refractivity contribution in [2.75, 3.05) is 18.0 Å². The van der Waals surface area contributed by atoms with Crippen LogP contribution in [0.3, 0.4) is 0 Å². The summed E-state index contributed by atoms with van der Waals surface area (Å²) in [6.07, 6.45) is 2.96. The number of benzene rings is 1. The molecule has 2 bridgehead atoms. The van der Waals surface area contributed by atoms with Crippen LogP contribution in [-0.2, 0) is 11.3 Å². The molecule has 0 aromatic heterocycles. The first kappa shape index (κ1) is 11.5. The maximum Gasteiger partial charge on any atom is 0.101 e. The molecule has 2 unspecified atom stereocenters. The summed E-state index contributed by atoms with van der Waals surface area (Å²) in [4.78, 5) is 2.28. The fraction of sp³-hybridized carbons (Fsp3) is 0.500. The molecular weight excluding hydrogens is 226 g/mol. The maximum atomic E-state index is 9.27. The molecule has 2 fully saturated rings. The standard InChI is InChI=1S/C14H17N3O/c15-6-10-1-4-14(11(5-10)7-16)17-8-12-2-3-13(9-17)18-12/h1,4-5,12-13H,2-3,6,8-9,15H2. The van der Waals surface area contributed by atoms with Gasteiger partial charge in [-0.3, -0.25) is 0 Å². The van der Waals surface area contributed by atoms with E-state index < -0.39 is 0 Å². The van der Waals surface area contributed by atoms with E-state index in [1.165, 1.54) is 0 Å². The Hall–Kier alpha value is -1.57. The number of morpholine rings is 1. The molecule has 0 amide bonds. The average molecular weight is 243 g/mol. The van der Waals surface area contributed by atoms with Crippen LogP contribution in [0.1, 0.15) is 24.0 Å². The van der Waals surface area contributed by atoms with Crippen LogP contribution in [0.4, 0.5) is 5.69 Å². The second-order valence-corrected chi connectivity index (χ2v) is 5.03. The second kappa shape index (κ2) is 4.60. The summed E-state index contributed by atoms with van der Waals surface area (Å²) < 4.78 is 5.82. The van der Waals surface area contributed by atoms with Gasteiger partial charge in [-0.25, -0.2) is 0 Å². The van der Waals surface area contributed by atoms with Gasteiger partial charge < -0.3 is 15.4 Å². The van der Waals surface area contributed by atoms with E-state index in [1.54, 1.807) is 0 Å². The van der Waals surface area contributed by atoms with Crippen molar-refractivity contribution in [1.82, 2.24) is 0 Å². The van der Waals surface area contributed by atoms with Gasteiger partial charge in [-0.05, 0) is 30.5 Å². The van der Waals surface area contributed by atoms with E-state index in [1.807, 2.05) is 18.2 Å². The summed E-state index contributed by atoms with van der Waals surface area (Å²) in [6, 6.07) is 8.20. The Morgan fingerprint density at radius 1 is 1.33 bits per heavy atom. The predicted octanol–water partition coefficient (Wildman–Crippen LogP) is 1.38. The molecule has 18 heavy (non-hydrogen) atoms. The molecule has 3 rings (SSSR count). The van der Waals surface area contributed by atoms with Gasteiger partial charge in [-0.1, -0.05) is 6.07 Å². The molecule has 2 saturated heterocycles. The highest BCUT2D eigenvalue weighted by molar-refractivity contribution is 5.61. The van der Waals surface area contributed by atoms with Gasteiger partial charge in [0, 0.05) is 19.6 Å². The van der Waals surface area contributed by atoms with Crippen molar-refractivity contribution in [2.24, 2.45) is 5.73 Å². The number of ether oxygens (including phenoxy) is 1. The molecule has 0 spiro atoms. The molecule has 2 N–H and O–H groups in total. The third-order valence-corrected chi connectivity index (χ3v) is 3.80. The number of nitrogens with zero attached hydrogens (tertiary/aromatic N) is 2. The molecule has 2 aliphatic heterocycles. The SMILES string of the molecule is N#Cc1cc(CN)ccc1N1CC2CCC(C1)O2. The smallest absolute Gasteiger partial charge is 0.101 e. The topological polar surface area (TPSA) is 62.3 Å². The monoisotopic (exact) mass is 243 g/mol. The van der Waals surface area contributed by atoms with Crippen molar-refractivity contribution >= 4 is 5.69 Å². The number of anilines is 1. The highest BCUT2D eigenvalue weighted by atomic mass is 16.5. The van der Waals surface area contributed by atoms with Crippen LogP contribution in [0.5, 0.6) is 0 Å². The van der Waals surface area contributed by atoms with Crippen LogP contribution in [0, 0.1) is 11.3 Å². The summed E-state index contributed by atoms with van der Waals surface area (Å²) in [6.45, 7) is 2.27. The van der Waals surface area contributed by atoms with Crippen molar-refractivity contribution in [1.29, 1.82) is 5.26 Å². The molecule has 0 saturated carbocycles. The highest BCUT2D eigenvalue weighted by Crippen LogP contribution is 2.31. The van der Waals surface area contributed by atoms with E-state index >= 15 is 0 Å². The zero-order chi connectivity index (χ0) is 12.5. The molecule has 0 aliphatic carbocycles. The zero-order valence-electron chi connectivity index (χ0n) is 10.3. The summed E-state index contributed by atoms with van der Waals surface area (Å²) in [5.74, 6) is 0. The summed E-state index contributed by atoms with van der Waals surface area (Å²) in [5.41, 5.74) is 8.36. The first-order chi connectivity index (χ1) is 8.80. The lowest BCUT2D eigenvalue weighted by molar-refractivity contribution is 0.0305. The molecule has 4 heteroatoms. The Morgan fingerprint density at radius 3 is 2.67 bits per heavy atom. The molecule has 1 aromatic rings. The van der Waals surface area contributed by atoms with Crippen LogP contribution in [0.2, 0.25) is 0 Å². The number of nitrogens with two attached hydrogens (primary N) is 1. The second-order valence-electron chi connectivity index (χ2n) is 5.03. The van der Waals surface area contributed by atoms with E-state index in [-0.39, 0.29) is 0 Å². The van der Waals surface area contributed by atoms with Gasteiger partial charge in [0.05, 0.1) is 23.5 Å². The lowest BCUT2D eigenvalue weighted by Gasteiger charge is -2.34. The van der Waals surface area contributed by atoms with Gasteiger partial charge in [0.25, 0.3) is 0 Å². The predicted molar refractivity (Wildman–Crippen MR) is 69.2 cm³/mol. The molecule has 4 nitrogen and oxygen atoms in total. The van der Waals surface area contributed by atoms with Gasteiger partial charge in [-0.2, -0.15) is 5.26 Å². The number of hydrogen-bond acceptors (Lipinski definition) is 4. The average Bonchev–Trinajstić information content (AvgIpc) is 2.76. The minimum atomic E-state index is 0.337. The Labute approximate surface area is 107 Å². The fourth-order valence-corrected chi connectivity index (χ4v) is 2.89. The van der Waals surface area contributed by atoms with Crippen molar-refractivity contribution in [3.8, 4) is 6.07 Å². The molecule has 2 atom stereocenters. The van der Waals surface area contributed by atoms with Crippen molar-refractivity contribution in [2.45, 2.75) is 31.6 Å². The molecule has 1 aromatic carbocycles. The lowest BCUT2D eigenvalue weighted by atomic mass is 10.1. The van der Waals surface area contributed by atoms with Crippen LogP contribution in [0.25, 0.3) is 0 Å². The maximum absolute atomic E-state index is 9.27. The van der Waals surface area contributed by atoms with Gasteiger partial charge in [0.1, 0.15) is 6.07 Å². The van der Waals surface area contributed by atoms with Gasteiger partial charge in [0.15, 0.2) is 0 Å². The highest BCUT2D eigenvalue weighted by Gasteiger charge is 2.34. The molecule has 2 aliphatic rings. The van der Waals surface area contributed by atoms with E-state index in [9.17, 15) is 5.26 Å². The molecular formula is C14H17N3O. The van der Waals surface area contributed by atoms with Gasteiger partial charge >= 0.3 is 0 Å². The number of nitriles is 1. The lowest BCUT2D eigenvalue weighted by Crippen LogP contribution is -2.43. The molecule has 2 heterocycles. The van der Waals surface area contributed by atoms with Crippen LogP contribution in [0.15, 0.2) is 18.2 Å². The van der Waals surface area contributed by atoms with Crippen molar-refractivity contribution in [3.05, 3.63) is 29.3 Å². The number of fused-ring (bicyclic) bond motifs is 2. The number of hydrogen-bond donors (Lipinski definition) is 1. The Kier molecular flexibility index (Phi) is 2.94. The summed E-state index contributed by atoms with van der Waals surface area (Å²) in [5, 5.41) is 9.27. The third kappa shape index (κ3) is 1.96. The first-order valence-corrected chi connectivity index (χ1v) is 6.43. The third-order valence-electron chi connectivity index (χ3n) is 3.80. The largest absolute Gasteiger partial charge is 0.371 e. The summed E-state index contributed by atoms with van der Waals surface area (Å²) >= 11 is 0. The Balaban J connectivity index is 1.90. The van der Waals surface area contributed by atoms with Crippen molar-refractivity contribution < 1.29 is 4.74 Å². The first-order valence-electron chi connectivity index (χ1n) is 6.43. The minimum Gasteiger partial charge on any atom is -0.371 e. The molecule has 94 valence electrons. The Morgan fingerprint density at radius 2 is 2.06 bits per heavy atom. The van der Waals surface area contributed by atoms with E-state index in [4.69, 9.17) is 10.5 Å². The van der Waals surface area contributed by atoms with Crippen molar-refractivity contribution in [3.63, 3.8) is 0 Å². The minimum absolute atomic E-state index is 0.337. The number of rotatable bonds is 2. The van der Waals surface area contributed by atoms with Crippen LogP contribution >= 0.6 is 0 Å². The van der Waals surface area contributed by atoms with E-state index in [0.717, 1.165) is 42.7 Å². The van der Waals surface area contributed by atoms with Gasteiger partial charge in [0.2, 0.25) is 0 Å². The van der Waals surface area contributed by atoms with E-state index in [0.29, 0.717) is 18.8 Å². The van der Waals surface area contributed by atoms with E-state index in [2.05, 4.69) is 11.0 Å². The zero-order valence-corrected chi connectivity index (χ0v) is 10.3. The normalized spacial score (nSPS) is 26.1. The Bertz CT molecular complexity index is 482.